The van der Waals surface area contributed by atoms with Crippen molar-refractivity contribution in [2.24, 2.45) is 22.4 Å². The Morgan fingerprint density at radius 2 is 2.18 bits per heavy atom. The summed E-state index contributed by atoms with van der Waals surface area (Å²) < 4.78 is 0. The van der Waals surface area contributed by atoms with Gasteiger partial charge < -0.3 is 16.6 Å². The van der Waals surface area contributed by atoms with Crippen molar-refractivity contribution >= 4 is 11.9 Å². The normalized spacial score (nSPS) is 12.1. The van der Waals surface area contributed by atoms with Gasteiger partial charge in [-0.05, 0) is 6.42 Å². The second-order valence-corrected chi connectivity index (χ2v) is 2.33. The number of rotatable bonds is 4. The number of aliphatic imine (C=N–C) groups is 1. The molecule has 0 saturated heterocycles. The minimum Gasteiger partial charge on any atom is -0.481 e. The average molecular weight is 159 g/mol. The summed E-state index contributed by atoms with van der Waals surface area (Å²) in [5.41, 5.74) is 10.1. The Labute approximate surface area is 65.1 Å². The number of carbonyl (C=O) groups is 1. The van der Waals surface area contributed by atoms with Gasteiger partial charge in [-0.3, -0.25) is 9.79 Å². The maximum absolute atomic E-state index is 10.3. The van der Waals surface area contributed by atoms with E-state index in [9.17, 15) is 4.79 Å². The number of nitrogens with zero attached hydrogens (tertiary/aromatic N) is 1. The third kappa shape index (κ3) is 5.20. The van der Waals surface area contributed by atoms with Gasteiger partial charge in [0.25, 0.3) is 0 Å². The van der Waals surface area contributed by atoms with Crippen LogP contribution >= 0.6 is 0 Å². The molecular weight excluding hydrogens is 146 g/mol. The van der Waals surface area contributed by atoms with Gasteiger partial charge >= 0.3 is 5.97 Å². The number of hydrogen-bond donors (Lipinski definition) is 3. The lowest BCUT2D eigenvalue weighted by atomic mass is 10.1. The van der Waals surface area contributed by atoms with Crippen molar-refractivity contribution < 1.29 is 9.90 Å². The van der Waals surface area contributed by atoms with Crippen molar-refractivity contribution in [3.8, 4) is 0 Å². The number of nitrogens with two attached hydrogens (primary N) is 2. The summed E-state index contributed by atoms with van der Waals surface area (Å²) in [6, 6.07) is 0. The van der Waals surface area contributed by atoms with Crippen molar-refractivity contribution in [2.75, 3.05) is 6.54 Å². The second-order valence-electron chi connectivity index (χ2n) is 2.33. The van der Waals surface area contributed by atoms with Crippen molar-refractivity contribution in [3.63, 3.8) is 0 Å². The molecule has 0 aliphatic carbocycles. The zero-order valence-corrected chi connectivity index (χ0v) is 6.45. The van der Waals surface area contributed by atoms with Crippen LogP contribution in [0.2, 0.25) is 0 Å². The molecule has 0 aliphatic heterocycles. The quantitative estimate of drug-likeness (QED) is 0.375. The third-order valence-electron chi connectivity index (χ3n) is 1.28. The molecule has 0 aromatic carbocycles. The highest BCUT2D eigenvalue weighted by Crippen LogP contribution is 2.00. The van der Waals surface area contributed by atoms with Crippen LogP contribution in [0.4, 0.5) is 0 Å². The smallest absolute Gasteiger partial charge is 0.306 e. The van der Waals surface area contributed by atoms with Crippen molar-refractivity contribution in [3.05, 3.63) is 0 Å². The van der Waals surface area contributed by atoms with Crippen LogP contribution in [0.3, 0.4) is 0 Å². The van der Waals surface area contributed by atoms with Crippen molar-refractivity contribution in [1.82, 2.24) is 0 Å². The Bertz CT molecular complexity index is 163. The molecular formula is C6H13N3O2. The standard InChI is InChI=1S/C6H13N3O2/c1-4(5(10)11)2-3-9-6(7)8/h4H,2-3H2,1H3,(H,10,11)(H4,7,8,9)/t4-/m0/s1. The molecule has 0 fully saturated rings. The molecule has 0 aromatic rings. The van der Waals surface area contributed by atoms with Gasteiger partial charge in [-0.1, -0.05) is 6.92 Å². The van der Waals surface area contributed by atoms with E-state index in [0.29, 0.717) is 13.0 Å². The van der Waals surface area contributed by atoms with E-state index in [1.54, 1.807) is 6.92 Å². The van der Waals surface area contributed by atoms with E-state index in [2.05, 4.69) is 4.99 Å². The van der Waals surface area contributed by atoms with Gasteiger partial charge in [0.1, 0.15) is 0 Å². The third-order valence-corrected chi connectivity index (χ3v) is 1.28. The highest BCUT2D eigenvalue weighted by molar-refractivity contribution is 5.75. The van der Waals surface area contributed by atoms with Gasteiger partial charge in [0, 0.05) is 6.54 Å². The van der Waals surface area contributed by atoms with E-state index in [1.807, 2.05) is 0 Å². The van der Waals surface area contributed by atoms with Gasteiger partial charge in [-0.15, -0.1) is 0 Å². The van der Waals surface area contributed by atoms with Crippen LogP contribution in [-0.2, 0) is 4.79 Å². The van der Waals surface area contributed by atoms with Gasteiger partial charge in [0.15, 0.2) is 5.96 Å². The summed E-state index contributed by atoms with van der Waals surface area (Å²) in [7, 11) is 0. The maximum Gasteiger partial charge on any atom is 0.306 e. The fourth-order valence-corrected chi connectivity index (χ4v) is 0.511. The molecule has 64 valence electrons. The Hall–Kier alpha value is -1.26. The first kappa shape index (κ1) is 9.74. The van der Waals surface area contributed by atoms with E-state index in [-0.39, 0.29) is 5.96 Å². The molecule has 0 radical (unpaired) electrons. The zero-order chi connectivity index (χ0) is 8.85. The molecule has 0 saturated carbocycles. The molecule has 0 spiro atoms. The number of hydrogen-bond acceptors (Lipinski definition) is 2. The molecule has 0 aromatic heterocycles. The van der Waals surface area contributed by atoms with E-state index in [1.165, 1.54) is 0 Å². The Kier molecular flexibility index (Phi) is 4.02. The van der Waals surface area contributed by atoms with Crippen LogP contribution in [0, 0.1) is 5.92 Å². The van der Waals surface area contributed by atoms with Gasteiger partial charge in [-0.25, -0.2) is 0 Å². The van der Waals surface area contributed by atoms with Crippen LogP contribution < -0.4 is 11.5 Å². The monoisotopic (exact) mass is 159 g/mol. The second kappa shape index (κ2) is 4.54. The summed E-state index contributed by atoms with van der Waals surface area (Å²) in [4.78, 5) is 13.9. The molecule has 1 atom stereocenters. The first-order valence-corrected chi connectivity index (χ1v) is 3.32. The average Bonchev–Trinajstić information content (AvgIpc) is 1.86. The summed E-state index contributed by atoms with van der Waals surface area (Å²) >= 11 is 0. The molecule has 0 amide bonds. The van der Waals surface area contributed by atoms with Crippen molar-refractivity contribution in [2.45, 2.75) is 13.3 Å². The number of carboxylic acids is 1. The SMILES string of the molecule is C[C@@H](CCN=C(N)N)C(=O)O. The lowest BCUT2D eigenvalue weighted by Crippen LogP contribution is -2.23. The molecule has 5 nitrogen and oxygen atoms in total. The highest BCUT2D eigenvalue weighted by atomic mass is 16.4. The molecule has 0 bridgehead atoms. The van der Waals surface area contributed by atoms with Crippen LogP contribution in [0.15, 0.2) is 4.99 Å². The highest BCUT2D eigenvalue weighted by Gasteiger charge is 2.08. The fraction of sp³-hybridized carbons (Fsp3) is 0.667. The van der Waals surface area contributed by atoms with E-state index < -0.39 is 11.9 Å². The molecule has 11 heavy (non-hydrogen) atoms. The van der Waals surface area contributed by atoms with Gasteiger partial charge in [-0.2, -0.15) is 0 Å². The van der Waals surface area contributed by atoms with Crippen molar-refractivity contribution in [1.29, 1.82) is 0 Å². The summed E-state index contributed by atoms with van der Waals surface area (Å²) in [5, 5.41) is 8.44. The Morgan fingerprint density at radius 3 is 2.55 bits per heavy atom. The minimum absolute atomic E-state index is 0.00240. The molecule has 5 N–H and O–H groups in total. The lowest BCUT2D eigenvalue weighted by molar-refractivity contribution is -0.141. The molecule has 5 heteroatoms. The van der Waals surface area contributed by atoms with Crippen LogP contribution in [0.25, 0.3) is 0 Å². The summed E-state index contributed by atoms with van der Waals surface area (Å²) in [6.07, 6.45) is 0.466. The molecule has 0 rings (SSSR count). The van der Waals surface area contributed by atoms with E-state index in [0.717, 1.165) is 0 Å². The summed E-state index contributed by atoms with van der Waals surface area (Å²) in [5.74, 6) is -1.21. The van der Waals surface area contributed by atoms with Gasteiger partial charge in [0.2, 0.25) is 0 Å². The first-order chi connectivity index (χ1) is 5.04. The first-order valence-electron chi connectivity index (χ1n) is 3.32. The number of carboxylic acid groups (broad SMARTS) is 1. The fourth-order valence-electron chi connectivity index (χ4n) is 0.511. The van der Waals surface area contributed by atoms with Crippen LogP contribution in [0.1, 0.15) is 13.3 Å². The van der Waals surface area contributed by atoms with Crippen LogP contribution in [0.5, 0.6) is 0 Å². The minimum atomic E-state index is -0.823. The predicted octanol–water partition coefficient (Wildman–Crippen LogP) is -0.629. The molecule has 0 aliphatic rings. The molecule has 0 unspecified atom stereocenters. The number of aliphatic carboxylic acids is 1. The van der Waals surface area contributed by atoms with E-state index in [4.69, 9.17) is 16.6 Å². The van der Waals surface area contributed by atoms with Gasteiger partial charge in [0.05, 0.1) is 5.92 Å². The summed E-state index contributed by atoms with van der Waals surface area (Å²) in [6.45, 7) is 1.99. The lowest BCUT2D eigenvalue weighted by Gasteiger charge is -2.01. The Balaban J connectivity index is 3.55. The van der Waals surface area contributed by atoms with Crippen LogP contribution in [-0.4, -0.2) is 23.6 Å². The predicted molar refractivity (Wildman–Crippen MR) is 42.1 cm³/mol. The zero-order valence-electron chi connectivity index (χ0n) is 6.45. The maximum atomic E-state index is 10.3. The number of guanidine groups is 1. The molecule has 0 heterocycles. The topological polar surface area (TPSA) is 102 Å². The Morgan fingerprint density at radius 1 is 1.64 bits per heavy atom. The van der Waals surface area contributed by atoms with E-state index >= 15 is 0 Å². The largest absolute Gasteiger partial charge is 0.481 e.